The van der Waals surface area contributed by atoms with Gasteiger partial charge in [-0.15, -0.1) is 0 Å². The molecule has 1 amide bonds. The Bertz CT molecular complexity index is 845. The van der Waals surface area contributed by atoms with Gasteiger partial charge in [0.2, 0.25) is 0 Å². The highest BCUT2D eigenvalue weighted by molar-refractivity contribution is 5.93. The van der Waals surface area contributed by atoms with Crippen LogP contribution in [0.3, 0.4) is 0 Å². The fraction of sp³-hybridized carbons (Fsp3) is 0.474. The molecule has 1 unspecified atom stereocenters. The first-order valence-electron chi connectivity index (χ1n) is 9.21. The van der Waals surface area contributed by atoms with E-state index >= 15 is 0 Å². The zero-order chi connectivity index (χ0) is 18.1. The number of pyridine rings is 1. The summed E-state index contributed by atoms with van der Waals surface area (Å²) in [5, 5.41) is 16.1. The van der Waals surface area contributed by atoms with Crippen molar-refractivity contribution >= 4 is 11.9 Å². The van der Waals surface area contributed by atoms with E-state index in [1.807, 2.05) is 12.1 Å². The molecule has 2 aromatic rings. The lowest BCUT2D eigenvalue weighted by Gasteiger charge is -2.35. The Morgan fingerprint density at radius 3 is 2.85 bits per heavy atom. The fourth-order valence-electron chi connectivity index (χ4n) is 4.04. The maximum Gasteiger partial charge on any atom is 0.339 e. The first-order valence-corrected chi connectivity index (χ1v) is 9.21. The van der Waals surface area contributed by atoms with Gasteiger partial charge in [-0.05, 0) is 56.6 Å². The number of carboxylic acids is 1. The number of hydrogen-bond donors (Lipinski definition) is 2. The first-order chi connectivity index (χ1) is 12.6. The number of aromatic carboxylic acids is 1. The van der Waals surface area contributed by atoms with Crippen molar-refractivity contribution < 1.29 is 14.7 Å². The van der Waals surface area contributed by atoms with Crippen LogP contribution in [-0.2, 0) is 12.8 Å². The van der Waals surface area contributed by atoms with Crippen molar-refractivity contribution in [3.63, 3.8) is 0 Å². The van der Waals surface area contributed by atoms with Crippen LogP contribution in [0.4, 0.5) is 0 Å². The van der Waals surface area contributed by atoms with Gasteiger partial charge in [-0.1, -0.05) is 6.07 Å². The van der Waals surface area contributed by atoms with Crippen LogP contribution in [0.25, 0.3) is 0 Å². The number of aromatic nitrogens is 3. The Morgan fingerprint density at radius 1 is 1.15 bits per heavy atom. The van der Waals surface area contributed by atoms with E-state index in [9.17, 15) is 14.7 Å². The summed E-state index contributed by atoms with van der Waals surface area (Å²) in [5.74, 6) is -1.16. The van der Waals surface area contributed by atoms with E-state index in [2.05, 4.69) is 15.2 Å². The molecule has 1 aliphatic heterocycles. The van der Waals surface area contributed by atoms with Gasteiger partial charge in [0.05, 0.1) is 17.9 Å². The summed E-state index contributed by atoms with van der Waals surface area (Å²) in [6, 6.07) is 3.53. The van der Waals surface area contributed by atoms with E-state index in [4.69, 9.17) is 0 Å². The summed E-state index contributed by atoms with van der Waals surface area (Å²) in [6.45, 7) is 0.598. The molecule has 26 heavy (non-hydrogen) atoms. The third-order valence-electron chi connectivity index (χ3n) is 5.39. The van der Waals surface area contributed by atoms with Crippen LogP contribution in [0.5, 0.6) is 0 Å². The lowest BCUT2D eigenvalue weighted by atomic mass is 9.95. The molecule has 136 valence electrons. The summed E-state index contributed by atoms with van der Waals surface area (Å²) in [7, 11) is 0. The molecule has 1 saturated heterocycles. The lowest BCUT2D eigenvalue weighted by molar-refractivity contribution is 0.0584. The van der Waals surface area contributed by atoms with Gasteiger partial charge in [0.1, 0.15) is 11.3 Å². The van der Waals surface area contributed by atoms with E-state index < -0.39 is 5.97 Å². The molecule has 0 saturated carbocycles. The number of nitrogens with one attached hydrogen (secondary N) is 1. The second kappa shape index (κ2) is 6.90. The zero-order valence-electron chi connectivity index (χ0n) is 14.6. The number of fused-ring (bicyclic) bond motifs is 1. The molecule has 0 bridgehead atoms. The fourth-order valence-corrected chi connectivity index (χ4v) is 4.04. The number of piperidine rings is 1. The monoisotopic (exact) mass is 354 g/mol. The molecular weight excluding hydrogens is 332 g/mol. The number of amides is 1. The van der Waals surface area contributed by atoms with Gasteiger partial charge in [0.25, 0.3) is 5.91 Å². The summed E-state index contributed by atoms with van der Waals surface area (Å²) >= 11 is 0. The van der Waals surface area contributed by atoms with Crippen LogP contribution < -0.4 is 0 Å². The Hall–Kier alpha value is -2.70. The number of nitrogens with zero attached hydrogens (tertiary/aromatic N) is 3. The molecule has 2 N–H and O–H groups in total. The number of hydrogen-bond acceptors (Lipinski definition) is 4. The molecule has 2 aliphatic rings. The highest BCUT2D eigenvalue weighted by Crippen LogP contribution is 2.33. The number of carbonyl (C=O) groups is 2. The third kappa shape index (κ3) is 2.98. The summed E-state index contributed by atoms with van der Waals surface area (Å²) in [4.78, 5) is 31.0. The van der Waals surface area contributed by atoms with Crippen LogP contribution in [0.2, 0.25) is 0 Å². The average molecular weight is 354 g/mol. The molecule has 0 aromatic carbocycles. The molecule has 1 fully saturated rings. The molecule has 1 aliphatic carbocycles. The largest absolute Gasteiger partial charge is 0.478 e. The van der Waals surface area contributed by atoms with E-state index in [1.54, 1.807) is 4.90 Å². The molecule has 1 atom stereocenters. The van der Waals surface area contributed by atoms with Gasteiger partial charge in [0.15, 0.2) is 0 Å². The Morgan fingerprint density at radius 2 is 2.00 bits per heavy atom. The van der Waals surface area contributed by atoms with Crippen molar-refractivity contribution in [2.45, 2.75) is 51.0 Å². The lowest BCUT2D eigenvalue weighted by Crippen LogP contribution is -2.39. The molecule has 7 nitrogen and oxygen atoms in total. The number of aromatic amines is 1. The van der Waals surface area contributed by atoms with Crippen molar-refractivity contribution in [1.82, 2.24) is 20.1 Å². The first kappa shape index (κ1) is 16.8. The van der Waals surface area contributed by atoms with Gasteiger partial charge < -0.3 is 10.0 Å². The number of carbonyl (C=O) groups excluding carboxylic acids is 1. The summed E-state index contributed by atoms with van der Waals surface area (Å²) in [6.07, 6.45) is 8.12. The van der Waals surface area contributed by atoms with E-state index in [-0.39, 0.29) is 17.5 Å². The van der Waals surface area contributed by atoms with Gasteiger partial charge in [-0.2, -0.15) is 5.10 Å². The van der Waals surface area contributed by atoms with Crippen LogP contribution in [0.1, 0.15) is 75.9 Å². The van der Waals surface area contributed by atoms with Crippen molar-refractivity contribution in [1.29, 1.82) is 0 Å². The number of likely N-dealkylation sites (tertiary alicyclic amines) is 1. The third-order valence-corrected chi connectivity index (χ3v) is 5.39. The highest BCUT2D eigenvalue weighted by atomic mass is 16.4. The van der Waals surface area contributed by atoms with Gasteiger partial charge in [0, 0.05) is 12.2 Å². The summed E-state index contributed by atoms with van der Waals surface area (Å²) < 4.78 is 0. The second-order valence-corrected chi connectivity index (χ2v) is 7.02. The highest BCUT2D eigenvalue weighted by Gasteiger charge is 2.33. The molecule has 0 spiro atoms. The molecular formula is C19H22N4O3. The minimum Gasteiger partial charge on any atom is -0.478 e. The van der Waals surface area contributed by atoms with Gasteiger partial charge >= 0.3 is 5.97 Å². The SMILES string of the molecule is O=C(O)c1cn[nH]c1C1CCCCN1C(=O)c1ccc2c(n1)CCCC2. The van der Waals surface area contributed by atoms with Crippen molar-refractivity contribution in [3.05, 3.63) is 46.5 Å². The number of carboxylic acid groups (broad SMARTS) is 1. The number of H-pyrrole nitrogens is 1. The molecule has 0 radical (unpaired) electrons. The molecule has 7 heteroatoms. The van der Waals surface area contributed by atoms with Crippen molar-refractivity contribution in [2.75, 3.05) is 6.54 Å². The Labute approximate surface area is 151 Å². The van der Waals surface area contributed by atoms with Crippen LogP contribution in [0, 0.1) is 0 Å². The van der Waals surface area contributed by atoms with Gasteiger partial charge in [-0.3, -0.25) is 9.89 Å². The predicted octanol–water partition coefficient (Wildman–Crippen LogP) is 2.75. The van der Waals surface area contributed by atoms with Crippen LogP contribution in [-0.4, -0.2) is 43.6 Å². The maximum atomic E-state index is 13.2. The van der Waals surface area contributed by atoms with Crippen molar-refractivity contribution in [3.8, 4) is 0 Å². The minimum atomic E-state index is -1.03. The standard InChI is InChI=1S/C19H22N4O3/c24-18(15-9-8-12-5-1-2-6-14(12)21-15)23-10-4-3-7-16(23)17-13(19(25)26)11-20-22-17/h8-9,11,16H,1-7,10H2,(H,20,22)(H,25,26). The number of rotatable bonds is 3. The minimum absolute atomic E-state index is 0.131. The summed E-state index contributed by atoms with van der Waals surface area (Å²) in [5.41, 5.74) is 3.36. The smallest absolute Gasteiger partial charge is 0.339 e. The van der Waals surface area contributed by atoms with E-state index in [1.165, 1.54) is 18.2 Å². The van der Waals surface area contributed by atoms with Crippen LogP contribution >= 0.6 is 0 Å². The molecule has 4 rings (SSSR count). The van der Waals surface area contributed by atoms with Crippen molar-refractivity contribution in [2.24, 2.45) is 0 Å². The second-order valence-electron chi connectivity index (χ2n) is 7.02. The average Bonchev–Trinajstić information content (AvgIpc) is 3.17. The van der Waals surface area contributed by atoms with E-state index in [0.29, 0.717) is 17.9 Å². The Balaban J connectivity index is 1.65. The zero-order valence-corrected chi connectivity index (χ0v) is 14.6. The predicted molar refractivity (Wildman–Crippen MR) is 94.1 cm³/mol. The normalized spacial score (nSPS) is 19.8. The van der Waals surface area contributed by atoms with E-state index in [0.717, 1.165) is 44.2 Å². The molecule has 2 aromatic heterocycles. The maximum absolute atomic E-state index is 13.2. The quantitative estimate of drug-likeness (QED) is 0.883. The molecule has 3 heterocycles. The van der Waals surface area contributed by atoms with Gasteiger partial charge in [-0.25, -0.2) is 9.78 Å². The number of aryl methyl sites for hydroxylation is 2. The topological polar surface area (TPSA) is 99.2 Å². The Kier molecular flexibility index (Phi) is 4.44. The van der Waals surface area contributed by atoms with Crippen LogP contribution in [0.15, 0.2) is 18.3 Å².